The summed E-state index contributed by atoms with van der Waals surface area (Å²) in [5.74, 6) is 1.07. The van der Waals surface area contributed by atoms with Gasteiger partial charge in [0, 0.05) is 17.7 Å². The van der Waals surface area contributed by atoms with Crippen molar-refractivity contribution in [2.24, 2.45) is 5.10 Å². The Bertz CT molecular complexity index is 937. The molecule has 122 valence electrons. The van der Waals surface area contributed by atoms with Crippen LogP contribution in [0.1, 0.15) is 23.1 Å². The second kappa shape index (κ2) is 6.37. The minimum atomic E-state index is -0.335. The molecule has 8 nitrogen and oxygen atoms in total. The predicted molar refractivity (Wildman–Crippen MR) is 92.5 cm³/mol. The summed E-state index contributed by atoms with van der Waals surface area (Å²) in [4.78, 5) is 16.8. The van der Waals surface area contributed by atoms with Gasteiger partial charge in [0.15, 0.2) is 11.6 Å². The number of ether oxygens (including phenoxy) is 1. The number of benzene rings is 1. The molecule has 0 aliphatic rings. The van der Waals surface area contributed by atoms with Gasteiger partial charge in [-0.05, 0) is 19.1 Å². The van der Waals surface area contributed by atoms with E-state index in [1.165, 1.54) is 18.0 Å². The maximum absolute atomic E-state index is 12.7. The molecule has 0 saturated carbocycles. The lowest BCUT2D eigenvalue weighted by Gasteiger charge is -2.10. The smallest absolute Gasteiger partial charge is 0.260 e. The Kier molecular flexibility index (Phi) is 4.11. The first kappa shape index (κ1) is 15.5. The van der Waals surface area contributed by atoms with Gasteiger partial charge in [0.25, 0.3) is 5.91 Å². The van der Waals surface area contributed by atoms with E-state index in [4.69, 9.17) is 4.74 Å². The first-order valence-electron chi connectivity index (χ1n) is 7.19. The highest BCUT2D eigenvalue weighted by Gasteiger charge is 2.17. The number of hydrogen-bond acceptors (Lipinski definition) is 5. The Morgan fingerprint density at radius 1 is 1.46 bits per heavy atom. The lowest BCUT2D eigenvalue weighted by atomic mass is 10.1. The normalized spacial score (nSPS) is 11.1. The number of aromatic amines is 1. The van der Waals surface area contributed by atoms with E-state index in [-0.39, 0.29) is 5.91 Å². The summed E-state index contributed by atoms with van der Waals surface area (Å²) in [5.41, 5.74) is 1.18. The number of anilines is 1. The Morgan fingerprint density at radius 3 is 3.00 bits per heavy atom. The van der Waals surface area contributed by atoms with E-state index in [9.17, 15) is 4.79 Å². The zero-order valence-electron chi connectivity index (χ0n) is 13.3. The van der Waals surface area contributed by atoms with Crippen LogP contribution >= 0.6 is 0 Å². The predicted octanol–water partition coefficient (Wildman–Crippen LogP) is 2.52. The number of aromatic nitrogens is 4. The number of nitrogens with zero attached hydrogens (tertiary/aromatic N) is 4. The van der Waals surface area contributed by atoms with E-state index < -0.39 is 0 Å². The summed E-state index contributed by atoms with van der Waals surface area (Å²) in [7, 11) is 1.51. The van der Waals surface area contributed by atoms with E-state index in [1.54, 1.807) is 37.5 Å². The first-order valence-corrected chi connectivity index (χ1v) is 7.19. The molecule has 2 heterocycles. The maximum atomic E-state index is 12.7. The molecule has 0 fully saturated rings. The van der Waals surface area contributed by atoms with Crippen LogP contribution in [0.15, 0.2) is 36.2 Å². The number of hydrogen-bond donors (Lipinski definition) is 2. The fourth-order valence-electron chi connectivity index (χ4n) is 2.32. The molecule has 2 aromatic heterocycles. The Balaban J connectivity index is 1.98. The lowest BCUT2D eigenvalue weighted by molar-refractivity contribution is 0.102. The molecule has 1 amide bonds. The van der Waals surface area contributed by atoms with E-state index in [1.807, 2.05) is 0 Å². The summed E-state index contributed by atoms with van der Waals surface area (Å²) < 4.78 is 6.80. The quantitative estimate of drug-likeness (QED) is 0.705. The molecular formula is C16H16N6O2. The Hall–Kier alpha value is -3.42. The van der Waals surface area contributed by atoms with E-state index in [2.05, 4.69) is 32.2 Å². The van der Waals surface area contributed by atoms with E-state index in [0.29, 0.717) is 23.0 Å². The van der Waals surface area contributed by atoms with Gasteiger partial charge in [0.05, 0.1) is 30.6 Å². The lowest BCUT2D eigenvalue weighted by Crippen LogP contribution is -2.15. The second-order valence-electron chi connectivity index (χ2n) is 4.86. The number of amides is 1. The molecule has 3 rings (SSSR count). The summed E-state index contributed by atoms with van der Waals surface area (Å²) >= 11 is 0. The van der Waals surface area contributed by atoms with Crippen LogP contribution in [-0.2, 0) is 0 Å². The molecular weight excluding hydrogens is 308 g/mol. The van der Waals surface area contributed by atoms with Gasteiger partial charge in [-0.1, -0.05) is 6.58 Å². The maximum Gasteiger partial charge on any atom is 0.260 e. The fraction of sp³-hybridized carbons (Fsp3) is 0.125. The number of methoxy groups -OCH3 is 1. The SMILES string of the molecule is C=Cc1ncc(NC(=O)c2cc3cn[nH]c3cc2OC)n1/N=C\C. The van der Waals surface area contributed by atoms with Crippen LogP contribution < -0.4 is 10.1 Å². The van der Waals surface area contributed by atoms with Crippen molar-refractivity contribution in [3.63, 3.8) is 0 Å². The number of H-pyrrole nitrogens is 1. The largest absolute Gasteiger partial charge is 0.496 e. The van der Waals surface area contributed by atoms with Crippen LogP contribution in [0.2, 0.25) is 0 Å². The standard InChI is InChI=1S/C16H16N6O2/c1-4-14-17-9-15(22(14)19-5-2)20-16(23)11-6-10-8-18-21-12(10)7-13(11)24-3/h4-9H,1H2,2-3H3,(H,18,21)(H,20,23)/b19-5-. The Labute approximate surface area is 137 Å². The van der Waals surface area contributed by atoms with Crippen molar-refractivity contribution in [2.75, 3.05) is 12.4 Å². The van der Waals surface area contributed by atoms with Gasteiger partial charge in [0.1, 0.15) is 5.75 Å². The van der Waals surface area contributed by atoms with Crippen LogP contribution in [-0.4, -0.2) is 39.1 Å². The van der Waals surface area contributed by atoms with Crippen molar-refractivity contribution in [1.29, 1.82) is 0 Å². The van der Waals surface area contributed by atoms with Gasteiger partial charge in [-0.3, -0.25) is 9.89 Å². The zero-order valence-corrected chi connectivity index (χ0v) is 13.3. The summed E-state index contributed by atoms with van der Waals surface area (Å²) in [6.45, 7) is 5.45. The highest BCUT2D eigenvalue weighted by molar-refractivity contribution is 6.08. The number of imidazole rings is 1. The Morgan fingerprint density at radius 2 is 2.29 bits per heavy atom. The van der Waals surface area contributed by atoms with Gasteiger partial charge < -0.3 is 10.1 Å². The number of rotatable bonds is 5. The van der Waals surface area contributed by atoms with Crippen LogP contribution in [0.4, 0.5) is 5.82 Å². The number of carbonyl (C=O) groups excluding carboxylic acids is 1. The van der Waals surface area contributed by atoms with Crippen LogP contribution in [0.5, 0.6) is 5.75 Å². The van der Waals surface area contributed by atoms with Crippen molar-refractivity contribution >= 4 is 34.9 Å². The number of fused-ring (bicyclic) bond motifs is 1. The third-order valence-electron chi connectivity index (χ3n) is 3.42. The van der Waals surface area contributed by atoms with Crippen molar-refractivity contribution < 1.29 is 9.53 Å². The zero-order chi connectivity index (χ0) is 17.1. The average molecular weight is 324 g/mol. The van der Waals surface area contributed by atoms with Gasteiger partial charge in [-0.15, -0.1) is 0 Å². The molecule has 2 N–H and O–H groups in total. The first-order chi connectivity index (χ1) is 11.7. The number of carbonyl (C=O) groups is 1. The highest BCUT2D eigenvalue weighted by atomic mass is 16.5. The summed E-state index contributed by atoms with van der Waals surface area (Å²) in [6.07, 6.45) is 6.32. The van der Waals surface area contributed by atoms with Gasteiger partial charge in [-0.25, -0.2) is 4.98 Å². The molecule has 0 saturated heterocycles. The van der Waals surface area contributed by atoms with Crippen molar-refractivity contribution in [3.05, 3.63) is 42.5 Å². The second-order valence-corrected chi connectivity index (χ2v) is 4.86. The molecule has 0 aliphatic heterocycles. The number of nitrogens with one attached hydrogen (secondary N) is 2. The molecule has 0 aliphatic carbocycles. The van der Waals surface area contributed by atoms with Crippen LogP contribution in [0.3, 0.4) is 0 Å². The van der Waals surface area contributed by atoms with Gasteiger partial charge >= 0.3 is 0 Å². The monoisotopic (exact) mass is 324 g/mol. The van der Waals surface area contributed by atoms with Gasteiger partial charge in [-0.2, -0.15) is 14.9 Å². The molecule has 0 unspecified atom stereocenters. The average Bonchev–Trinajstić information content (AvgIpc) is 3.20. The van der Waals surface area contributed by atoms with Crippen molar-refractivity contribution in [1.82, 2.24) is 19.9 Å². The summed E-state index contributed by atoms with van der Waals surface area (Å²) in [5, 5.41) is 14.6. The van der Waals surface area contributed by atoms with Crippen molar-refractivity contribution in [2.45, 2.75) is 6.92 Å². The molecule has 0 atom stereocenters. The summed E-state index contributed by atoms with van der Waals surface area (Å²) in [6, 6.07) is 3.44. The van der Waals surface area contributed by atoms with Crippen LogP contribution in [0.25, 0.3) is 17.0 Å². The molecule has 0 radical (unpaired) electrons. The molecule has 24 heavy (non-hydrogen) atoms. The molecule has 1 aromatic carbocycles. The van der Waals surface area contributed by atoms with E-state index >= 15 is 0 Å². The third kappa shape index (κ3) is 2.65. The molecule has 3 aromatic rings. The minimum absolute atomic E-state index is 0.335. The molecule has 0 spiro atoms. The van der Waals surface area contributed by atoms with Crippen LogP contribution in [0, 0.1) is 0 Å². The molecule has 0 bridgehead atoms. The van der Waals surface area contributed by atoms with Gasteiger partial charge in [0.2, 0.25) is 0 Å². The third-order valence-corrected chi connectivity index (χ3v) is 3.42. The topological polar surface area (TPSA) is 97.2 Å². The fourth-order valence-corrected chi connectivity index (χ4v) is 2.32. The minimum Gasteiger partial charge on any atom is -0.496 e. The molecule has 8 heteroatoms. The van der Waals surface area contributed by atoms with Crippen molar-refractivity contribution in [3.8, 4) is 5.75 Å². The highest BCUT2D eigenvalue weighted by Crippen LogP contribution is 2.25. The van der Waals surface area contributed by atoms with E-state index in [0.717, 1.165) is 10.9 Å².